The number of hydrogen-bond donors (Lipinski definition) is 0. The maximum atomic E-state index is 5.96. The van der Waals surface area contributed by atoms with Crippen LogP contribution in [0.4, 0.5) is 11.4 Å². The zero-order valence-corrected chi connectivity index (χ0v) is 17.1. The zero-order chi connectivity index (χ0) is 20.3. The van der Waals surface area contributed by atoms with Gasteiger partial charge in [-0.2, -0.15) is 5.10 Å². The lowest BCUT2D eigenvalue weighted by Gasteiger charge is -2.19. The van der Waals surface area contributed by atoms with Crippen LogP contribution in [0.15, 0.2) is 84.0 Å². The number of hydrazone groups is 1. The van der Waals surface area contributed by atoms with E-state index in [-0.39, 0.29) is 0 Å². The lowest BCUT2D eigenvalue weighted by molar-refractivity contribution is 0.301. The zero-order valence-electron chi connectivity index (χ0n) is 17.1. The molecule has 0 atom stereocenters. The first-order valence-electron chi connectivity index (χ1n) is 10.2. The summed E-state index contributed by atoms with van der Waals surface area (Å²) in [7, 11) is 0. The Bertz CT molecular complexity index is 856. The number of ether oxygens (including phenoxy) is 2. The third kappa shape index (κ3) is 5.85. The maximum Gasteiger partial charge on any atom is 0.131 e. The highest BCUT2D eigenvalue weighted by molar-refractivity contribution is 5.85. The Kier molecular flexibility index (Phi) is 7.70. The van der Waals surface area contributed by atoms with Crippen molar-refractivity contribution in [3.05, 3.63) is 84.4 Å². The van der Waals surface area contributed by atoms with Gasteiger partial charge in [-0.05, 0) is 49.2 Å². The number of nitrogens with zero attached hydrogens (tertiary/aromatic N) is 2. The first-order chi connectivity index (χ1) is 14.3. The molecule has 0 fully saturated rings. The van der Waals surface area contributed by atoms with Crippen LogP contribution in [0.2, 0.25) is 0 Å². The van der Waals surface area contributed by atoms with Gasteiger partial charge < -0.3 is 9.47 Å². The van der Waals surface area contributed by atoms with Gasteiger partial charge in [-0.3, -0.25) is 0 Å². The molecule has 4 nitrogen and oxygen atoms in total. The highest BCUT2D eigenvalue weighted by Gasteiger charge is 2.09. The quantitative estimate of drug-likeness (QED) is 0.296. The summed E-state index contributed by atoms with van der Waals surface area (Å²) in [6, 6.07) is 26.1. The fraction of sp³-hybridized carbons (Fsp3) is 0.240. The van der Waals surface area contributed by atoms with E-state index in [0.29, 0.717) is 13.2 Å². The molecule has 0 bridgehead atoms. The van der Waals surface area contributed by atoms with Crippen LogP contribution in [0.3, 0.4) is 0 Å². The molecular weight excluding hydrogens is 360 g/mol. The van der Waals surface area contributed by atoms with Crippen molar-refractivity contribution in [2.24, 2.45) is 5.10 Å². The second-order valence-electron chi connectivity index (χ2n) is 6.62. The monoisotopic (exact) mass is 388 g/mol. The van der Waals surface area contributed by atoms with Crippen molar-refractivity contribution in [3.63, 3.8) is 0 Å². The number of benzene rings is 3. The SMILES string of the molecule is CCCOc1ccc(C=NN(c2ccccc2)c2ccccc2)c(OCCC)c1. The van der Waals surface area contributed by atoms with Crippen molar-refractivity contribution < 1.29 is 9.47 Å². The second kappa shape index (κ2) is 10.9. The fourth-order valence-electron chi connectivity index (χ4n) is 2.81. The van der Waals surface area contributed by atoms with Crippen molar-refractivity contribution in [1.82, 2.24) is 0 Å². The first kappa shape index (κ1) is 20.5. The number of hydrogen-bond acceptors (Lipinski definition) is 4. The first-order valence-corrected chi connectivity index (χ1v) is 10.2. The van der Waals surface area contributed by atoms with Gasteiger partial charge in [0.1, 0.15) is 11.5 Å². The van der Waals surface area contributed by atoms with Crippen LogP contribution in [0.5, 0.6) is 11.5 Å². The van der Waals surface area contributed by atoms with E-state index < -0.39 is 0 Å². The summed E-state index contributed by atoms with van der Waals surface area (Å²) in [5.41, 5.74) is 2.90. The van der Waals surface area contributed by atoms with Crippen molar-refractivity contribution in [2.45, 2.75) is 26.7 Å². The summed E-state index contributed by atoms with van der Waals surface area (Å²) >= 11 is 0. The molecular formula is C25H28N2O2. The summed E-state index contributed by atoms with van der Waals surface area (Å²) < 4.78 is 11.7. The van der Waals surface area contributed by atoms with Crippen LogP contribution in [0.1, 0.15) is 32.3 Å². The van der Waals surface area contributed by atoms with Gasteiger partial charge in [0.25, 0.3) is 0 Å². The molecule has 3 aromatic carbocycles. The minimum atomic E-state index is 0.652. The molecule has 0 aromatic heterocycles. The molecule has 0 aliphatic rings. The number of rotatable bonds is 10. The van der Waals surface area contributed by atoms with Gasteiger partial charge in [0.2, 0.25) is 0 Å². The molecule has 0 radical (unpaired) electrons. The van der Waals surface area contributed by atoms with Crippen molar-refractivity contribution >= 4 is 17.6 Å². The Hall–Kier alpha value is -3.27. The van der Waals surface area contributed by atoms with E-state index in [1.54, 1.807) is 0 Å². The van der Waals surface area contributed by atoms with Crippen LogP contribution in [-0.4, -0.2) is 19.4 Å². The maximum absolute atomic E-state index is 5.96. The third-order valence-corrected chi connectivity index (χ3v) is 4.23. The second-order valence-corrected chi connectivity index (χ2v) is 6.62. The molecule has 29 heavy (non-hydrogen) atoms. The molecule has 0 saturated carbocycles. The Balaban J connectivity index is 1.92. The molecule has 4 heteroatoms. The van der Waals surface area contributed by atoms with Crippen LogP contribution in [0, 0.1) is 0 Å². The summed E-state index contributed by atoms with van der Waals surface area (Å²) in [5, 5.41) is 6.70. The van der Waals surface area contributed by atoms with Crippen LogP contribution in [0.25, 0.3) is 0 Å². The molecule has 0 N–H and O–H groups in total. The van der Waals surface area contributed by atoms with Crippen LogP contribution < -0.4 is 14.5 Å². The van der Waals surface area contributed by atoms with Gasteiger partial charge in [-0.1, -0.05) is 50.2 Å². The van der Waals surface area contributed by atoms with Gasteiger partial charge in [0, 0.05) is 11.6 Å². The number of para-hydroxylation sites is 2. The average molecular weight is 389 g/mol. The highest BCUT2D eigenvalue weighted by atomic mass is 16.5. The van der Waals surface area contributed by atoms with Gasteiger partial charge in [-0.25, -0.2) is 5.01 Å². The predicted molar refractivity (Wildman–Crippen MR) is 121 cm³/mol. The predicted octanol–water partition coefficient (Wildman–Crippen LogP) is 6.44. The summed E-state index contributed by atoms with van der Waals surface area (Å²) in [6.07, 6.45) is 3.75. The summed E-state index contributed by atoms with van der Waals surface area (Å²) in [6.45, 7) is 5.53. The summed E-state index contributed by atoms with van der Waals surface area (Å²) in [5.74, 6) is 1.60. The van der Waals surface area contributed by atoms with Crippen LogP contribution >= 0.6 is 0 Å². The van der Waals surface area contributed by atoms with Gasteiger partial charge in [0.05, 0.1) is 30.8 Å². The molecule has 0 spiro atoms. The molecule has 3 aromatic rings. The molecule has 0 aliphatic heterocycles. The largest absolute Gasteiger partial charge is 0.493 e. The normalized spacial score (nSPS) is 10.8. The molecule has 0 unspecified atom stereocenters. The van der Waals surface area contributed by atoms with E-state index in [2.05, 4.69) is 13.8 Å². The lowest BCUT2D eigenvalue weighted by Crippen LogP contribution is -2.09. The fourth-order valence-corrected chi connectivity index (χ4v) is 2.81. The van der Waals surface area contributed by atoms with Gasteiger partial charge >= 0.3 is 0 Å². The molecule has 0 aliphatic carbocycles. The van der Waals surface area contributed by atoms with E-state index >= 15 is 0 Å². The molecule has 150 valence electrons. The van der Waals surface area contributed by atoms with Crippen molar-refractivity contribution in [1.29, 1.82) is 0 Å². The molecule has 0 saturated heterocycles. The highest BCUT2D eigenvalue weighted by Crippen LogP contribution is 2.27. The molecule has 3 rings (SSSR count). The van der Waals surface area contributed by atoms with Crippen molar-refractivity contribution in [3.8, 4) is 11.5 Å². The van der Waals surface area contributed by atoms with Gasteiger partial charge in [0.15, 0.2) is 0 Å². The number of anilines is 2. The Morgan fingerprint density at radius 3 is 1.93 bits per heavy atom. The van der Waals surface area contributed by atoms with E-state index in [1.807, 2.05) is 90.1 Å². The van der Waals surface area contributed by atoms with E-state index in [4.69, 9.17) is 14.6 Å². The smallest absolute Gasteiger partial charge is 0.131 e. The van der Waals surface area contributed by atoms with Gasteiger partial charge in [-0.15, -0.1) is 0 Å². The summed E-state index contributed by atoms with van der Waals surface area (Å²) in [4.78, 5) is 0. The topological polar surface area (TPSA) is 34.1 Å². The Morgan fingerprint density at radius 1 is 0.759 bits per heavy atom. The van der Waals surface area contributed by atoms with E-state index in [0.717, 1.165) is 41.3 Å². The molecule has 0 amide bonds. The third-order valence-electron chi connectivity index (χ3n) is 4.23. The van der Waals surface area contributed by atoms with Crippen LogP contribution in [-0.2, 0) is 0 Å². The standard InChI is InChI=1S/C25H28N2O2/c1-3-17-28-24-16-15-21(25(19-24)29-18-4-2)20-26-27(22-11-7-5-8-12-22)23-13-9-6-10-14-23/h5-16,19-20H,3-4,17-18H2,1-2H3. The Morgan fingerprint density at radius 2 is 1.34 bits per heavy atom. The average Bonchev–Trinajstić information content (AvgIpc) is 2.78. The van der Waals surface area contributed by atoms with E-state index in [9.17, 15) is 0 Å². The minimum absolute atomic E-state index is 0.652. The Labute approximate surface area is 173 Å². The molecule has 0 heterocycles. The lowest BCUT2D eigenvalue weighted by atomic mass is 10.2. The van der Waals surface area contributed by atoms with Crippen molar-refractivity contribution in [2.75, 3.05) is 18.2 Å². The minimum Gasteiger partial charge on any atom is -0.493 e. The van der Waals surface area contributed by atoms with E-state index in [1.165, 1.54) is 0 Å².